The van der Waals surface area contributed by atoms with Gasteiger partial charge in [-0.1, -0.05) is 82.8 Å². The van der Waals surface area contributed by atoms with Crippen LogP contribution in [0.5, 0.6) is 0 Å². The maximum Gasteiger partial charge on any atom is 0.248 e. The van der Waals surface area contributed by atoms with E-state index in [4.69, 9.17) is 46.4 Å². The van der Waals surface area contributed by atoms with Crippen LogP contribution in [-0.2, 0) is 16.0 Å². The Balaban J connectivity index is 1.28. The third-order valence-corrected chi connectivity index (χ3v) is 6.73. The van der Waals surface area contributed by atoms with Crippen molar-refractivity contribution in [2.24, 2.45) is 0 Å². The number of benzene rings is 4. The van der Waals surface area contributed by atoms with Gasteiger partial charge in [-0.25, -0.2) is 0 Å². The summed E-state index contributed by atoms with van der Waals surface area (Å²) in [7, 11) is 0. The minimum absolute atomic E-state index is 0.266. The molecule has 4 aromatic carbocycles. The molecule has 0 aliphatic rings. The molecule has 2 N–H and O–H groups in total. The number of hydrogen-bond donors (Lipinski definition) is 2. The number of hydrogen-bond acceptors (Lipinski definition) is 2. The van der Waals surface area contributed by atoms with Gasteiger partial charge in [0.25, 0.3) is 0 Å². The number of halogens is 4. The normalized spacial score (nSPS) is 11.2. The smallest absolute Gasteiger partial charge is 0.248 e. The molecule has 0 aliphatic carbocycles. The molecule has 4 rings (SSSR count). The van der Waals surface area contributed by atoms with Crippen molar-refractivity contribution in [2.45, 2.75) is 6.42 Å². The number of carbonyl (C=O) groups excluding carboxylic acids is 2. The van der Waals surface area contributed by atoms with Gasteiger partial charge in [-0.2, -0.15) is 0 Å². The molecular formula is C31H22Cl4N2O2. The average molecular weight is 596 g/mol. The summed E-state index contributed by atoms with van der Waals surface area (Å²) >= 11 is 24.1. The van der Waals surface area contributed by atoms with E-state index in [2.05, 4.69) is 10.6 Å². The zero-order valence-electron chi connectivity index (χ0n) is 20.4. The summed E-state index contributed by atoms with van der Waals surface area (Å²) in [5, 5.41) is 7.69. The minimum atomic E-state index is -0.266. The topological polar surface area (TPSA) is 58.2 Å². The molecule has 39 heavy (non-hydrogen) atoms. The number of rotatable bonds is 8. The van der Waals surface area contributed by atoms with Crippen LogP contribution in [0, 0.1) is 0 Å². The van der Waals surface area contributed by atoms with Gasteiger partial charge in [0.15, 0.2) is 0 Å². The van der Waals surface area contributed by atoms with Crippen molar-refractivity contribution in [3.05, 3.63) is 139 Å². The van der Waals surface area contributed by atoms with Crippen LogP contribution in [0.1, 0.15) is 22.3 Å². The van der Waals surface area contributed by atoms with Crippen LogP contribution in [0.25, 0.3) is 12.2 Å². The van der Waals surface area contributed by atoms with Gasteiger partial charge >= 0.3 is 0 Å². The van der Waals surface area contributed by atoms with Crippen molar-refractivity contribution in [3.8, 4) is 0 Å². The summed E-state index contributed by atoms with van der Waals surface area (Å²) in [5.41, 5.74) is 4.93. The SMILES string of the molecule is O=C(C=Cc1ccc(Cl)cc1Cl)Nc1ccc(Cc2ccc(NC(=O)C=Cc3ccc(Cl)cc3Cl)cc2)cc1. The molecule has 0 atom stereocenters. The van der Waals surface area contributed by atoms with Crippen LogP contribution in [0.4, 0.5) is 11.4 Å². The lowest BCUT2D eigenvalue weighted by molar-refractivity contribution is -0.112. The molecule has 196 valence electrons. The molecule has 4 aromatic rings. The van der Waals surface area contributed by atoms with Crippen LogP contribution in [-0.4, -0.2) is 11.8 Å². The van der Waals surface area contributed by atoms with Crippen molar-refractivity contribution in [1.82, 2.24) is 0 Å². The molecule has 4 nitrogen and oxygen atoms in total. The third kappa shape index (κ3) is 8.74. The van der Waals surface area contributed by atoms with Crippen molar-refractivity contribution in [1.29, 1.82) is 0 Å². The predicted molar refractivity (Wildman–Crippen MR) is 164 cm³/mol. The van der Waals surface area contributed by atoms with Crippen molar-refractivity contribution < 1.29 is 9.59 Å². The second-order valence-corrected chi connectivity index (χ2v) is 10.2. The molecule has 0 unspecified atom stereocenters. The maximum atomic E-state index is 12.3. The van der Waals surface area contributed by atoms with Gasteiger partial charge in [-0.3, -0.25) is 9.59 Å². The molecule has 0 bridgehead atoms. The molecular weight excluding hydrogens is 574 g/mol. The van der Waals surface area contributed by atoms with E-state index < -0.39 is 0 Å². The first-order valence-electron chi connectivity index (χ1n) is 11.8. The van der Waals surface area contributed by atoms with Gasteiger partial charge in [0.1, 0.15) is 0 Å². The molecule has 2 amide bonds. The zero-order chi connectivity index (χ0) is 27.8. The Morgan fingerprint density at radius 1 is 0.564 bits per heavy atom. The molecule has 0 radical (unpaired) electrons. The highest BCUT2D eigenvalue weighted by atomic mass is 35.5. The summed E-state index contributed by atoms with van der Waals surface area (Å²) in [6.45, 7) is 0. The highest BCUT2D eigenvalue weighted by molar-refractivity contribution is 6.36. The quantitative estimate of drug-likeness (QED) is 0.199. The van der Waals surface area contributed by atoms with Gasteiger partial charge in [-0.15, -0.1) is 0 Å². The molecule has 0 saturated heterocycles. The van der Waals surface area contributed by atoms with Gasteiger partial charge in [-0.05, 0) is 89.4 Å². The fourth-order valence-electron chi connectivity index (χ4n) is 3.62. The van der Waals surface area contributed by atoms with E-state index in [0.29, 0.717) is 49.0 Å². The van der Waals surface area contributed by atoms with E-state index in [9.17, 15) is 9.59 Å². The lowest BCUT2D eigenvalue weighted by atomic mass is 10.0. The highest BCUT2D eigenvalue weighted by Crippen LogP contribution is 2.23. The van der Waals surface area contributed by atoms with Crippen molar-refractivity contribution in [3.63, 3.8) is 0 Å². The molecule has 0 fully saturated rings. The first-order valence-corrected chi connectivity index (χ1v) is 13.3. The summed E-state index contributed by atoms with van der Waals surface area (Å²) in [4.78, 5) is 24.6. The largest absolute Gasteiger partial charge is 0.323 e. The zero-order valence-corrected chi connectivity index (χ0v) is 23.5. The number of carbonyl (C=O) groups is 2. The van der Waals surface area contributed by atoms with E-state index in [-0.39, 0.29) is 11.8 Å². The Morgan fingerprint density at radius 3 is 1.31 bits per heavy atom. The molecule has 0 aromatic heterocycles. The molecule has 0 heterocycles. The number of anilines is 2. The fraction of sp³-hybridized carbons (Fsp3) is 0.0323. The fourth-order valence-corrected chi connectivity index (χ4v) is 4.56. The molecule has 0 aliphatic heterocycles. The van der Waals surface area contributed by atoms with E-state index in [1.54, 1.807) is 48.6 Å². The van der Waals surface area contributed by atoms with E-state index in [1.165, 1.54) is 12.2 Å². The standard InChI is InChI=1S/C31H22Cl4N2O2/c32-24-9-5-22(28(34)18-24)7-15-30(38)36-26-11-1-20(2-12-26)17-21-3-13-27(14-4-21)37-31(39)16-8-23-6-10-25(33)19-29(23)35/h1-16,18-19H,17H2,(H,36,38)(H,37,39). The summed E-state index contributed by atoms with van der Waals surface area (Å²) < 4.78 is 0. The maximum absolute atomic E-state index is 12.3. The lowest BCUT2D eigenvalue weighted by Gasteiger charge is -2.07. The Hall–Kier alpha value is -3.54. The van der Waals surface area contributed by atoms with Crippen LogP contribution < -0.4 is 10.6 Å². The van der Waals surface area contributed by atoms with Gasteiger partial charge < -0.3 is 10.6 Å². The van der Waals surface area contributed by atoms with Gasteiger partial charge in [0.2, 0.25) is 11.8 Å². The second kappa shape index (κ2) is 13.5. The Labute approximate surface area is 246 Å². The van der Waals surface area contributed by atoms with E-state index in [1.807, 2.05) is 48.5 Å². The van der Waals surface area contributed by atoms with E-state index >= 15 is 0 Å². The van der Waals surface area contributed by atoms with Crippen LogP contribution in [0.3, 0.4) is 0 Å². The van der Waals surface area contributed by atoms with Crippen LogP contribution in [0.2, 0.25) is 20.1 Å². The first kappa shape index (κ1) is 28.5. The highest BCUT2D eigenvalue weighted by Gasteiger charge is 2.04. The van der Waals surface area contributed by atoms with Gasteiger partial charge in [0, 0.05) is 43.6 Å². The van der Waals surface area contributed by atoms with Gasteiger partial charge in [0.05, 0.1) is 0 Å². The summed E-state index contributed by atoms with van der Waals surface area (Å²) in [5.74, 6) is -0.532. The molecule has 0 saturated carbocycles. The third-order valence-electron chi connectivity index (χ3n) is 5.60. The van der Waals surface area contributed by atoms with Crippen LogP contribution in [0.15, 0.2) is 97.1 Å². The molecule has 8 heteroatoms. The molecule has 0 spiro atoms. The number of nitrogens with one attached hydrogen (secondary N) is 2. The van der Waals surface area contributed by atoms with E-state index in [0.717, 1.165) is 11.1 Å². The van der Waals surface area contributed by atoms with Crippen LogP contribution >= 0.6 is 46.4 Å². The van der Waals surface area contributed by atoms with Crippen molar-refractivity contribution >= 4 is 81.7 Å². The second-order valence-electron chi connectivity index (χ2n) is 8.55. The Bertz CT molecular complexity index is 1430. The Kier molecular flexibility index (Phi) is 9.85. The summed E-state index contributed by atoms with van der Waals surface area (Å²) in [6.07, 6.45) is 6.82. The first-order chi connectivity index (χ1) is 18.7. The predicted octanol–water partition coefficient (Wildman–Crippen LogP) is 9.19. The lowest BCUT2D eigenvalue weighted by Crippen LogP contribution is -2.08. The minimum Gasteiger partial charge on any atom is -0.323 e. The Morgan fingerprint density at radius 2 is 0.949 bits per heavy atom. The average Bonchev–Trinajstić information content (AvgIpc) is 2.90. The van der Waals surface area contributed by atoms with Crippen molar-refractivity contribution in [2.75, 3.05) is 10.6 Å². The monoisotopic (exact) mass is 594 g/mol. The number of amides is 2. The summed E-state index contributed by atoms with van der Waals surface area (Å²) in [6, 6.07) is 25.4.